The molecule has 0 aromatic carbocycles. The first-order valence-electron chi connectivity index (χ1n) is 2.35. The zero-order valence-corrected chi connectivity index (χ0v) is 12.3. The fourth-order valence-corrected chi connectivity index (χ4v) is 0.0676. The zero-order chi connectivity index (χ0) is 6.78. The first-order valence-corrected chi connectivity index (χ1v) is 2.35. The second-order valence-electron chi connectivity index (χ2n) is 2.35. The first-order chi connectivity index (χ1) is 3.50. The predicted molar refractivity (Wildman–Crippen MR) is 29.6 cm³/mol. The Bertz CT molecular complexity index is 105. The number of rotatable bonds is 2. The smallest absolute Gasteiger partial charge is 1.00 e. The maximum absolute atomic E-state index is 10.1. The van der Waals surface area contributed by atoms with Crippen LogP contribution in [-0.2, 0) is 4.79 Å². The molecule has 0 aliphatic carbocycles. The van der Waals surface area contributed by atoms with E-state index in [1.54, 1.807) is 0 Å². The van der Waals surface area contributed by atoms with Crippen molar-refractivity contribution >= 4 is 5.97 Å². The van der Waals surface area contributed by atoms with Crippen molar-refractivity contribution in [3.8, 4) is 0 Å². The Morgan fingerprint density at radius 2 is 2.00 bits per heavy atom. The third kappa shape index (κ3) is 4.83. The van der Waals surface area contributed by atoms with Gasteiger partial charge in [-0.25, -0.2) is 0 Å². The predicted octanol–water partition coefficient (Wildman–Crippen LogP) is -2.79. The van der Waals surface area contributed by atoms with E-state index >= 15 is 0 Å². The van der Waals surface area contributed by atoms with Gasteiger partial charge in [0.15, 0.2) is 0 Å². The number of carboxylic acid groups (broad SMARTS) is 1. The fourth-order valence-electron chi connectivity index (χ4n) is 0.0676. The van der Waals surface area contributed by atoms with E-state index in [0.29, 0.717) is 0 Å². The minimum atomic E-state index is -0.986. The summed E-state index contributed by atoms with van der Waals surface area (Å²) in [5.74, 6) is -0.972. The minimum absolute atomic E-state index is 0. The molecule has 0 atom stereocenters. The number of aliphatic hydroxyl groups excluding tert-OH is 1. The maximum atomic E-state index is 10.1. The maximum Gasteiger partial charge on any atom is 1.00 e. The molecule has 9 heavy (non-hydrogen) atoms. The molecule has 50 valence electrons. The van der Waals surface area contributed by atoms with Crippen LogP contribution in [0.15, 0.2) is 0 Å². The van der Waals surface area contributed by atoms with E-state index in [2.05, 4.69) is 0 Å². The van der Waals surface area contributed by atoms with Crippen molar-refractivity contribution < 1.29 is 85.3 Å². The molecular weight excluding hydrogens is 241 g/mol. The molecule has 0 radical (unpaired) electrons. The van der Waals surface area contributed by atoms with Gasteiger partial charge in [-0.1, -0.05) is 0 Å². The fraction of sp³-hybridized carbons (Fsp3) is 0.800. The molecule has 4 heteroatoms. The van der Waals surface area contributed by atoms with Crippen molar-refractivity contribution in [3.63, 3.8) is 0 Å². The van der Waals surface area contributed by atoms with Crippen molar-refractivity contribution in [3.05, 3.63) is 0 Å². The number of aliphatic carboxylic acids is 1. The summed E-state index contributed by atoms with van der Waals surface area (Å²) in [5, 5.41) is 16.7. The summed E-state index contributed by atoms with van der Waals surface area (Å²) in [7, 11) is 0. The van der Waals surface area contributed by atoms with E-state index in [1.165, 1.54) is 13.8 Å². The SMILES string of the molecule is CC(C)(CO)C(=O)O.[Cs+].[H-]. The monoisotopic (exact) mass is 252 g/mol. The van der Waals surface area contributed by atoms with Crippen molar-refractivity contribution in [1.82, 2.24) is 0 Å². The third-order valence-corrected chi connectivity index (χ3v) is 0.974. The van der Waals surface area contributed by atoms with Gasteiger partial charge in [0.1, 0.15) is 0 Å². The second-order valence-corrected chi connectivity index (χ2v) is 2.35. The van der Waals surface area contributed by atoms with E-state index in [-0.39, 0.29) is 76.9 Å². The molecule has 0 aliphatic rings. The standard InChI is InChI=1S/C5H10O3.Cs.H/c1-5(2,3-6)4(7)8;;/h6H,3H2,1-2H3,(H,7,8);;/q;+1;-1. The molecular formula is C5H11CsO3. The number of carboxylic acids is 1. The summed E-state index contributed by atoms with van der Waals surface area (Å²) in [6, 6.07) is 0. The average molecular weight is 252 g/mol. The van der Waals surface area contributed by atoms with E-state index in [1.807, 2.05) is 0 Å². The van der Waals surface area contributed by atoms with Crippen LogP contribution >= 0.6 is 0 Å². The Labute approximate surface area is 115 Å². The summed E-state index contributed by atoms with van der Waals surface area (Å²) >= 11 is 0. The molecule has 0 heterocycles. The van der Waals surface area contributed by atoms with Crippen LogP contribution in [0.5, 0.6) is 0 Å². The van der Waals surface area contributed by atoms with Crippen LogP contribution in [0, 0.1) is 5.41 Å². The summed E-state index contributed by atoms with van der Waals surface area (Å²) in [4.78, 5) is 10.1. The average Bonchev–Trinajstić information content (AvgIpc) is 1.67. The van der Waals surface area contributed by atoms with Crippen molar-refractivity contribution in [2.24, 2.45) is 5.41 Å². The van der Waals surface area contributed by atoms with Crippen LogP contribution in [0.2, 0.25) is 0 Å². The van der Waals surface area contributed by atoms with Gasteiger partial charge in [0, 0.05) is 0 Å². The largest absolute Gasteiger partial charge is 1.00 e. The Balaban J connectivity index is -0.000000245. The van der Waals surface area contributed by atoms with Crippen LogP contribution in [0.25, 0.3) is 0 Å². The van der Waals surface area contributed by atoms with Gasteiger partial charge in [0.2, 0.25) is 0 Å². The van der Waals surface area contributed by atoms with E-state index in [4.69, 9.17) is 10.2 Å². The molecule has 2 N–H and O–H groups in total. The Hall–Kier alpha value is 1.48. The molecule has 0 saturated carbocycles. The van der Waals surface area contributed by atoms with Crippen LogP contribution in [0.1, 0.15) is 15.3 Å². The van der Waals surface area contributed by atoms with Gasteiger partial charge in [-0.15, -0.1) is 0 Å². The molecule has 0 aromatic heterocycles. The quantitative estimate of drug-likeness (QED) is 0.558. The van der Waals surface area contributed by atoms with Crippen LogP contribution in [0.3, 0.4) is 0 Å². The molecule has 0 aliphatic heterocycles. The summed E-state index contributed by atoms with van der Waals surface area (Å²) in [5.41, 5.74) is -0.986. The normalized spacial score (nSPS) is 10.1. The molecule has 3 nitrogen and oxygen atoms in total. The molecule has 0 saturated heterocycles. The van der Waals surface area contributed by atoms with Crippen molar-refractivity contribution in [2.75, 3.05) is 6.61 Å². The summed E-state index contributed by atoms with van der Waals surface area (Å²) < 4.78 is 0. The molecule has 0 bridgehead atoms. The summed E-state index contributed by atoms with van der Waals surface area (Å²) in [6.07, 6.45) is 0. The molecule has 0 amide bonds. The zero-order valence-electron chi connectivity index (χ0n) is 7.01. The van der Waals surface area contributed by atoms with Gasteiger partial charge in [-0.05, 0) is 13.8 Å². The molecule has 0 aromatic rings. The van der Waals surface area contributed by atoms with E-state index in [0.717, 1.165) is 0 Å². The van der Waals surface area contributed by atoms with Gasteiger partial charge in [0.25, 0.3) is 0 Å². The summed E-state index contributed by atoms with van der Waals surface area (Å²) in [6.45, 7) is 2.62. The Morgan fingerprint density at radius 3 is 2.00 bits per heavy atom. The van der Waals surface area contributed by atoms with Gasteiger partial charge in [-0.2, -0.15) is 0 Å². The topological polar surface area (TPSA) is 57.5 Å². The van der Waals surface area contributed by atoms with E-state index < -0.39 is 11.4 Å². The molecule has 0 fully saturated rings. The molecule has 0 spiro atoms. The molecule has 0 rings (SSSR count). The van der Waals surface area contributed by atoms with Gasteiger partial charge < -0.3 is 11.6 Å². The van der Waals surface area contributed by atoms with Crippen LogP contribution < -0.4 is 68.9 Å². The third-order valence-electron chi connectivity index (χ3n) is 0.974. The van der Waals surface area contributed by atoms with E-state index in [9.17, 15) is 4.79 Å². The number of hydrogen-bond donors (Lipinski definition) is 2. The number of aliphatic hydroxyl groups is 1. The second kappa shape index (κ2) is 5.17. The van der Waals surface area contributed by atoms with Crippen LogP contribution in [0.4, 0.5) is 0 Å². The van der Waals surface area contributed by atoms with Gasteiger partial charge in [-0.3, -0.25) is 4.79 Å². The Kier molecular flexibility index (Phi) is 7.53. The Morgan fingerprint density at radius 1 is 1.67 bits per heavy atom. The van der Waals surface area contributed by atoms with Crippen LogP contribution in [-0.4, -0.2) is 22.8 Å². The number of hydrogen-bond acceptors (Lipinski definition) is 2. The first kappa shape index (κ1) is 13.1. The minimum Gasteiger partial charge on any atom is -1.00 e. The van der Waals surface area contributed by atoms with Gasteiger partial charge in [0.05, 0.1) is 12.0 Å². The molecule has 0 unspecified atom stereocenters. The van der Waals surface area contributed by atoms with Crippen molar-refractivity contribution in [1.29, 1.82) is 0 Å². The van der Waals surface area contributed by atoms with Gasteiger partial charge >= 0.3 is 74.9 Å². The van der Waals surface area contributed by atoms with Crippen molar-refractivity contribution in [2.45, 2.75) is 13.8 Å². The number of carbonyl (C=O) groups is 1.